The van der Waals surface area contributed by atoms with Crippen molar-refractivity contribution in [2.24, 2.45) is 22.2 Å². The van der Waals surface area contributed by atoms with Crippen molar-refractivity contribution in [2.75, 3.05) is 13.2 Å². The number of guanidine groups is 1. The van der Waals surface area contributed by atoms with Crippen LogP contribution in [0.15, 0.2) is 4.99 Å². The third-order valence-corrected chi connectivity index (χ3v) is 4.47. The van der Waals surface area contributed by atoms with Gasteiger partial charge in [0, 0.05) is 26.0 Å². The molecule has 0 bridgehead atoms. The van der Waals surface area contributed by atoms with Gasteiger partial charge in [-0.25, -0.2) is 8.42 Å². The Hall–Kier alpha value is -0.807. The Morgan fingerprint density at radius 3 is 1.87 bits per heavy atom. The molecule has 7 N–H and O–H groups in total. The van der Waals surface area contributed by atoms with Crippen LogP contribution in [0.2, 0.25) is 0 Å². The smallest absolute Gasteiger partial charge is 0.320 e. The summed E-state index contributed by atoms with van der Waals surface area (Å²) in [5.41, 5.74) is 15.3. The molecular formula is C18H39N4O6SZn-. The number of carbonyl (C=O) groups is 1. The molecule has 1 atom stereocenters. The second kappa shape index (κ2) is 22.9. The molecule has 12 heteroatoms. The second-order valence-electron chi connectivity index (χ2n) is 6.81. The van der Waals surface area contributed by atoms with Gasteiger partial charge in [-0.1, -0.05) is 64.7 Å². The van der Waals surface area contributed by atoms with Crippen LogP contribution >= 0.6 is 0 Å². The molecule has 0 saturated carbocycles. The molecule has 0 aliphatic heterocycles. The van der Waals surface area contributed by atoms with Crippen LogP contribution in [0.3, 0.4) is 0 Å². The van der Waals surface area contributed by atoms with Crippen molar-refractivity contribution in [1.82, 2.24) is 0 Å². The third kappa shape index (κ3) is 31.9. The van der Waals surface area contributed by atoms with Crippen molar-refractivity contribution in [2.45, 2.75) is 90.0 Å². The summed E-state index contributed by atoms with van der Waals surface area (Å²) in [5.74, 6) is -0.987. The third-order valence-electron chi connectivity index (χ3n) is 4.01. The summed E-state index contributed by atoms with van der Waals surface area (Å²) in [7, 11) is -4.48. The first-order valence-corrected chi connectivity index (χ1v) is 11.6. The molecule has 176 valence electrons. The fourth-order valence-electron chi connectivity index (χ4n) is 2.39. The first-order valence-electron chi connectivity index (χ1n) is 10.2. The number of rotatable bonds is 17. The quantitative estimate of drug-likeness (QED) is 0.0570. The van der Waals surface area contributed by atoms with Crippen LogP contribution in [0.5, 0.6) is 0 Å². The van der Waals surface area contributed by atoms with E-state index in [0.29, 0.717) is 25.8 Å². The molecule has 0 aliphatic carbocycles. The van der Waals surface area contributed by atoms with E-state index >= 15 is 0 Å². The van der Waals surface area contributed by atoms with Crippen LogP contribution in [0.25, 0.3) is 0 Å². The summed E-state index contributed by atoms with van der Waals surface area (Å²) < 4.78 is 34.5. The molecule has 0 unspecified atom stereocenters. The van der Waals surface area contributed by atoms with Gasteiger partial charge < -0.3 is 26.9 Å². The maximum Gasteiger partial charge on any atom is 0.320 e. The van der Waals surface area contributed by atoms with Crippen molar-refractivity contribution in [3.8, 4) is 0 Å². The molecule has 0 radical (unpaired) electrons. The van der Waals surface area contributed by atoms with Gasteiger partial charge >= 0.3 is 5.97 Å². The molecule has 0 amide bonds. The number of aliphatic imine (C=N–C) groups is 1. The summed E-state index contributed by atoms with van der Waals surface area (Å²) in [6.07, 6.45) is 12.7. The standard InChI is InChI=1S/C12H26O4S.C6H14N4O2.Zn/c1-2-3-4-5-6-7-8-9-10-11-12-16-17(13,14)15;7-4(5(11)12)2-1-3-10-6(8)9;/h2-12H2,1H3,(H,13,14,15);4H,1-3,7H2,(H,11,12)(H4,8,9,10);/p-1/t;4-;/m.0./s1. The topological polar surface area (TPSA) is 194 Å². The minimum atomic E-state index is -4.48. The van der Waals surface area contributed by atoms with Crippen LogP contribution in [-0.2, 0) is 38.9 Å². The van der Waals surface area contributed by atoms with Crippen molar-refractivity contribution in [1.29, 1.82) is 0 Å². The van der Waals surface area contributed by atoms with Gasteiger partial charge in [0.15, 0.2) is 5.96 Å². The van der Waals surface area contributed by atoms with Crippen molar-refractivity contribution >= 4 is 22.3 Å². The van der Waals surface area contributed by atoms with Gasteiger partial charge in [0.2, 0.25) is 10.4 Å². The van der Waals surface area contributed by atoms with E-state index in [1.165, 1.54) is 44.9 Å². The fraction of sp³-hybridized carbons (Fsp3) is 0.889. The first kappa shape index (κ1) is 33.8. The number of aliphatic carboxylic acids is 1. The number of nitrogens with two attached hydrogens (primary N) is 3. The molecule has 0 aromatic carbocycles. The van der Waals surface area contributed by atoms with Crippen LogP contribution in [0.1, 0.15) is 84.0 Å². The zero-order valence-corrected chi connectivity index (χ0v) is 22.0. The summed E-state index contributed by atoms with van der Waals surface area (Å²) in [5, 5.41) is 8.38. The molecule has 0 spiro atoms. The van der Waals surface area contributed by atoms with Crippen LogP contribution in [0, 0.1) is 0 Å². The Labute approximate surface area is 194 Å². The Morgan fingerprint density at radius 1 is 1.00 bits per heavy atom. The van der Waals surface area contributed by atoms with Crippen molar-refractivity contribution in [3.05, 3.63) is 0 Å². The zero-order chi connectivity index (χ0) is 22.5. The molecule has 0 aromatic heterocycles. The molecule has 0 heterocycles. The van der Waals surface area contributed by atoms with Crippen LogP contribution in [-0.4, -0.2) is 49.2 Å². The predicted molar refractivity (Wildman–Crippen MR) is 113 cm³/mol. The maximum absolute atomic E-state index is 10.2. The number of hydrogen-bond acceptors (Lipinski definition) is 7. The van der Waals surface area contributed by atoms with Crippen LogP contribution in [0.4, 0.5) is 0 Å². The van der Waals surface area contributed by atoms with Gasteiger partial charge in [-0.05, 0) is 19.3 Å². The summed E-state index contributed by atoms with van der Waals surface area (Å²) >= 11 is 0. The Kier molecular flexibility index (Phi) is 25.8. The molecule has 0 aliphatic rings. The molecular weight excluding hydrogens is 466 g/mol. The molecule has 0 saturated heterocycles. The number of nitrogens with zero attached hydrogens (tertiary/aromatic N) is 1. The van der Waals surface area contributed by atoms with E-state index < -0.39 is 22.4 Å². The van der Waals surface area contributed by atoms with Gasteiger partial charge in [-0.3, -0.25) is 14.0 Å². The monoisotopic (exact) mass is 503 g/mol. The minimum Gasteiger partial charge on any atom is -0.726 e. The van der Waals surface area contributed by atoms with Gasteiger partial charge in [0.25, 0.3) is 0 Å². The van der Waals surface area contributed by atoms with Crippen LogP contribution < -0.4 is 17.2 Å². The Morgan fingerprint density at radius 2 is 1.47 bits per heavy atom. The molecule has 0 aromatic rings. The summed E-state index contributed by atoms with van der Waals surface area (Å²) in [4.78, 5) is 13.9. The Bertz CT molecular complexity index is 531. The van der Waals surface area contributed by atoms with Gasteiger partial charge in [-0.2, -0.15) is 0 Å². The minimum absolute atomic E-state index is 0. The zero-order valence-electron chi connectivity index (χ0n) is 18.3. The molecule has 30 heavy (non-hydrogen) atoms. The van der Waals surface area contributed by atoms with E-state index in [0.717, 1.165) is 12.8 Å². The number of carboxylic acid groups (broad SMARTS) is 1. The van der Waals surface area contributed by atoms with Gasteiger partial charge in [-0.15, -0.1) is 0 Å². The maximum atomic E-state index is 10.2. The molecule has 10 nitrogen and oxygen atoms in total. The fourth-order valence-corrected chi connectivity index (χ4v) is 2.72. The van der Waals surface area contributed by atoms with E-state index in [9.17, 15) is 17.8 Å². The van der Waals surface area contributed by atoms with Gasteiger partial charge in [0.05, 0.1) is 6.61 Å². The number of unbranched alkanes of at least 4 members (excludes halogenated alkanes) is 9. The molecule has 0 rings (SSSR count). The van der Waals surface area contributed by atoms with Crippen molar-refractivity contribution in [3.63, 3.8) is 0 Å². The SMILES string of the molecule is CCCCCCCCCCCCOS(=O)(=O)[O-].NC(N)=NCCC[C@H](N)C(=O)O.[Zn]. The summed E-state index contributed by atoms with van der Waals surface area (Å²) in [6.45, 7) is 2.66. The van der Waals surface area contributed by atoms with E-state index in [1.807, 2.05) is 0 Å². The average molecular weight is 505 g/mol. The predicted octanol–water partition coefficient (Wildman–Crippen LogP) is 1.83. The van der Waals surface area contributed by atoms with E-state index in [2.05, 4.69) is 16.1 Å². The van der Waals surface area contributed by atoms with E-state index in [1.54, 1.807) is 0 Å². The normalized spacial score (nSPS) is 11.6. The van der Waals surface area contributed by atoms with Gasteiger partial charge in [0.1, 0.15) is 6.04 Å². The summed E-state index contributed by atoms with van der Waals surface area (Å²) in [6, 6.07) is -0.820. The van der Waals surface area contributed by atoms with E-state index in [-0.39, 0.29) is 32.0 Å². The average Bonchev–Trinajstić information content (AvgIpc) is 2.62. The van der Waals surface area contributed by atoms with E-state index in [4.69, 9.17) is 22.3 Å². The second-order valence-corrected chi connectivity index (χ2v) is 7.86. The number of carboxylic acids is 1. The largest absolute Gasteiger partial charge is 0.726 e. The molecule has 0 fully saturated rings. The van der Waals surface area contributed by atoms with Crippen molar-refractivity contribution < 1.29 is 46.5 Å². The Balaban J connectivity index is -0.000000497. The first-order chi connectivity index (χ1) is 13.6. The number of hydrogen-bond donors (Lipinski definition) is 4.